The minimum absolute atomic E-state index is 0.0333. The first-order chi connectivity index (χ1) is 9.19. The van der Waals surface area contributed by atoms with E-state index < -0.39 is 0 Å². The highest BCUT2D eigenvalue weighted by Gasteiger charge is 2.19. The Hall–Kier alpha value is -1.81. The first-order valence-corrected chi connectivity index (χ1v) is 6.55. The van der Waals surface area contributed by atoms with Crippen LogP contribution >= 0.6 is 0 Å². The SMILES string of the molecule is COc1ccc(/C=C/C(=O)N2CCC[C@@H](N)C2)cc1. The summed E-state index contributed by atoms with van der Waals surface area (Å²) in [4.78, 5) is 13.8. The Morgan fingerprint density at radius 3 is 2.79 bits per heavy atom. The molecule has 0 aliphatic carbocycles. The summed E-state index contributed by atoms with van der Waals surface area (Å²) in [7, 11) is 1.63. The van der Waals surface area contributed by atoms with Crippen LogP contribution in [0.2, 0.25) is 0 Å². The van der Waals surface area contributed by atoms with E-state index in [-0.39, 0.29) is 11.9 Å². The smallest absolute Gasteiger partial charge is 0.246 e. The number of likely N-dealkylation sites (tertiary alicyclic amines) is 1. The second kappa shape index (κ2) is 6.38. The third-order valence-corrected chi connectivity index (χ3v) is 3.30. The Bertz CT molecular complexity index is 454. The van der Waals surface area contributed by atoms with Crippen molar-refractivity contribution in [3.05, 3.63) is 35.9 Å². The van der Waals surface area contributed by atoms with Gasteiger partial charge in [-0.3, -0.25) is 4.79 Å². The molecule has 1 aromatic rings. The molecule has 1 aromatic carbocycles. The molecular weight excluding hydrogens is 240 g/mol. The lowest BCUT2D eigenvalue weighted by atomic mass is 10.1. The Morgan fingerprint density at radius 2 is 2.16 bits per heavy atom. The third kappa shape index (κ3) is 3.83. The second-order valence-corrected chi connectivity index (χ2v) is 4.79. The number of nitrogens with zero attached hydrogens (tertiary/aromatic N) is 1. The van der Waals surface area contributed by atoms with Crippen molar-refractivity contribution in [3.63, 3.8) is 0 Å². The predicted molar refractivity (Wildman–Crippen MR) is 75.8 cm³/mol. The van der Waals surface area contributed by atoms with Crippen LogP contribution in [-0.2, 0) is 4.79 Å². The van der Waals surface area contributed by atoms with Gasteiger partial charge < -0.3 is 15.4 Å². The maximum Gasteiger partial charge on any atom is 0.246 e. The van der Waals surface area contributed by atoms with E-state index in [4.69, 9.17) is 10.5 Å². The highest BCUT2D eigenvalue weighted by molar-refractivity contribution is 5.91. The highest BCUT2D eigenvalue weighted by Crippen LogP contribution is 2.13. The van der Waals surface area contributed by atoms with Gasteiger partial charge in [-0.2, -0.15) is 0 Å². The largest absolute Gasteiger partial charge is 0.497 e. The maximum atomic E-state index is 12.0. The monoisotopic (exact) mass is 260 g/mol. The first-order valence-electron chi connectivity index (χ1n) is 6.55. The van der Waals surface area contributed by atoms with E-state index in [9.17, 15) is 4.79 Å². The minimum atomic E-state index is 0.0333. The quantitative estimate of drug-likeness (QED) is 0.841. The molecule has 2 rings (SSSR count). The molecule has 1 saturated heterocycles. The number of hydrogen-bond acceptors (Lipinski definition) is 3. The summed E-state index contributed by atoms with van der Waals surface area (Å²) in [6, 6.07) is 7.71. The van der Waals surface area contributed by atoms with E-state index in [1.54, 1.807) is 13.2 Å². The first kappa shape index (κ1) is 13.6. The average Bonchev–Trinajstić information content (AvgIpc) is 2.45. The Kier molecular flexibility index (Phi) is 4.58. The number of ether oxygens (including phenoxy) is 1. The molecule has 1 amide bonds. The number of carbonyl (C=O) groups excluding carboxylic acids is 1. The summed E-state index contributed by atoms with van der Waals surface area (Å²) in [6.07, 6.45) is 5.43. The summed E-state index contributed by atoms with van der Waals surface area (Å²) >= 11 is 0. The molecule has 0 saturated carbocycles. The summed E-state index contributed by atoms with van der Waals surface area (Å²) in [5, 5.41) is 0. The number of carbonyl (C=O) groups is 1. The lowest BCUT2D eigenvalue weighted by molar-refractivity contribution is -0.127. The molecule has 4 nitrogen and oxygen atoms in total. The van der Waals surface area contributed by atoms with Crippen molar-refractivity contribution in [1.29, 1.82) is 0 Å². The lowest BCUT2D eigenvalue weighted by Gasteiger charge is -2.29. The van der Waals surface area contributed by atoms with Crippen molar-refractivity contribution in [2.45, 2.75) is 18.9 Å². The molecule has 19 heavy (non-hydrogen) atoms. The van der Waals surface area contributed by atoms with Crippen molar-refractivity contribution >= 4 is 12.0 Å². The molecule has 1 aliphatic heterocycles. The van der Waals surface area contributed by atoms with Crippen molar-refractivity contribution in [1.82, 2.24) is 4.90 Å². The summed E-state index contributed by atoms with van der Waals surface area (Å²) in [5.74, 6) is 0.844. The van der Waals surface area contributed by atoms with Crippen LogP contribution in [0.4, 0.5) is 0 Å². The molecule has 2 N–H and O–H groups in total. The fourth-order valence-electron chi connectivity index (χ4n) is 2.20. The lowest BCUT2D eigenvalue weighted by Crippen LogP contribution is -2.45. The van der Waals surface area contributed by atoms with Gasteiger partial charge in [0.25, 0.3) is 0 Å². The number of nitrogens with two attached hydrogens (primary N) is 1. The van der Waals surface area contributed by atoms with Crippen LogP contribution in [-0.4, -0.2) is 37.0 Å². The molecule has 0 aromatic heterocycles. The van der Waals surface area contributed by atoms with Crippen LogP contribution in [0.5, 0.6) is 5.75 Å². The zero-order valence-corrected chi connectivity index (χ0v) is 11.2. The van der Waals surface area contributed by atoms with E-state index in [0.717, 1.165) is 30.7 Å². The van der Waals surface area contributed by atoms with Gasteiger partial charge in [-0.1, -0.05) is 12.1 Å². The molecular formula is C15H20N2O2. The van der Waals surface area contributed by atoms with Gasteiger partial charge in [-0.25, -0.2) is 0 Å². The van der Waals surface area contributed by atoms with Crippen LogP contribution in [0.15, 0.2) is 30.3 Å². The molecule has 102 valence electrons. The zero-order chi connectivity index (χ0) is 13.7. The van der Waals surface area contributed by atoms with Crippen LogP contribution in [0.25, 0.3) is 6.08 Å². The van der Waals surface area contributed by atoms with E-state index in [2.05, 4.69) is 0 Å². The van der Waals surface area contributed by atoms with Gasteiger partial charge in [0.1, 0.15) is 5.75 Å². The van der Waals surface area contributed by atoms with Gasteiger partial charge in [-0.05, 0) is 36.6 Å². The second-order valence-electron chi connectivity index (χ2n) is 4.79. The van der Waals surface area contributed by atoms with Gasteiger partial charge >= 0.3 is 0 Å². The number of rotatable bonds is 3. The van der Waals surface area contributed by atoms with Gasteiger partial charge in [0, 0.05) is 25.2 Å². The van der Waals surface area contributed by atoms with E-state index in [0.29, 0.717) is 6.54 Å². The van der Waals surface area contributed by atoms with Crippen molar-refractivity contribution in [2.24, 2.45) is 5.73 Å². The molecule has 0 spiro atoms. The molecule has 1 atom stereocenters. The molecule has 1 heterocycles. The predicted octanol–water partition coefficient (Wildman–Crippen LogP) is 1.66. The van der Waals surface area contributed by atoms with Crippen molar-refractivity contribution in [3.8, 4) is 5.75 Å². The van der Waals surface area contributed by atoms with Gasteiger partial charge in [0.2, 0.25) is 5.91 Å². The third-order valence-electron chi connectivity index (χ3n) is 3.30. The van der Waals surface area contributed by atoms with E-state index in [1.807, 2.05) is 35.2 Å². The average molecular weight is 260 g/mol. The maximum absolute atomic E-state index is 12.0. The minimum Gasteiger partial charge on any atom is -0.497 e. The number of hydrogen-bond donors (Lipinski definition) is 1. The molecule has 4 heteroatoms. The Balaban J connectivity index is 1.95. The van der Waals surface area contributed by atoms with E-state index in [1.165, 1.54) is 0 Å². The van der Waals surface area contributed by atoms with Crippen LogP contribution in [0, 0.1) is 0 Å². The van der Waals surface area contributed by atoms with Gasteiger partial charge in [0.15, 0.2) is 0 Å². The van der Waals surface area contributed by atoms with Crippen LogP contribution in [0.3, 0.4) is 0 Å². The zero-order valence-electron chi connectivity index (χ0n) is 11.2. The van der Waals surface area contributed by atoms with Gasteiger partial charge in [-0.15, -0.1) is 0 Å². The number of amides is 1. The molecule has 1 aliphatic rings. The number of benzene rings is 1. The standard InChI is InChI=1S/C15H20N2O2/c1-19-14-7-4-12(5-8-14)6-9-15(18)17-10-2-3-13(16)11-17/h4-9,13H,2-3,10-11,16H2,1H3/b9-6+/t13-/m1/s1. The molecule has 0 unspecified atom stereocenters. The summed E-state index contributed by atoms with van der Waals surface area (Å²) in [5.41, 5.74) is 6.85. The normalized spacial score (nSPS) is 19.7. The molecule has 1 fully saturated rings. The van der Waals surface area contributed by atoms with Gasteiger partial charge in [0.05, 0.1) is 7.11 Å². The highest BCUT2D eigenvalue weighted by atomic mass is 16.5. The number of methoxy groups -OCH3 is 1. The fraction of sp³-hybridized carbons (Fsp3) is 0.400. The topological polar surface area (TPSA) is 55.6 Å². The number of piperidine rings is 1. The molecule has 0 bridgehead atoms. The Morgan fingerprint density at radius 1 is 1.42 bits per heavy atom. The van der Waals surface area contributed by atoms with Crippen LogP contribution in [0.1, 0.15) is 18.4 Å². The molecule has 0 radical (unpaired) electrons. The summed E-state index contributed by atoms with van der Waals surface area (Å²) in [6.45, 7) is 1.46. The van der Waals surface area contributed by atoms with Crippen LogP contribution < -0.4 is 10.5 Å². The Labute approximate surface area is 113 Å². The van der Waals surface area contributed by atoms with Crippen molar-refractivity contribution in [2.75, 3.05) is 20.2 Å². The van der Waals surface area contributed by atoms with Crippen molar-refractivity contribution < 1.29 is 9.53 Å². The van der Waals surface area contributed by atoms with E-state index >= 15 is 0 Å². The summed E-state index contributed by atoms with van der Waals surface area (Å²) < 4.78 is 5.09. The fourth-order valence-corrected chi connectivity index (χ4v) is 2.20.